The van der Waals surface area contributed by atoms with E-state index >= 15 is 0 Å². The largest absolute Gasteiger partial charge is 0.387 e. The lowest BCUT2D eigenvalue weighted by Gasteiger charge is -2.35. The van der Waals surface area contributed by atoms with E-state index in [9.17, 15) is 9.90 Å². The third kappa shape index (κ3) is 4.44. The van der Waals surface area contributed by atoms with E-state index in [0.29, 0.717) is 30.3 Å². The Morgan fingerprint density at radius 2 is 1.93 bits per heavy atom. The Balaban J connectivity index is 1.61. The average molecular weight is 412 g/mol. The normalized spacial score (nSPS) is 16.6. The molecule has 2 aromatic heterocycles. The van der Waals surface area contributed by atoms with Gasteiger partial charge in [0.1, 0.15) is 10.7 Å². The van der Waals surface area contributed by atoms with Crippen molar-refractivity contribution in [1.82, 2.24) is 14.9 Å². The van der Waals surface area contributed by atoms with E-state index in [0.717, 1.165) is 33.7 Å². The number of aliphatic hydroxyl groups excluding tert-OH is 1. The highest BCUT2D eigenvalue weighted by molar-refractivity contribution is 7.18. The zero-order valence-electron chi connectivity index (χ0n) is 17.1. The van der Waals surface area contributed by atoms with Crippen molar-refractivity contribution in [2.75, 3.05) is 6.54 Å². The van der Waals surface area contributed by atoms with E-state index in [1.807, 2.05) is 44.2 Å². The summed E-state index contributed by atoms with van der Waals surface area (Å²) in [5.41, 5.74) is 1.89. The number of rotatable bonds is 6. The van der Waals surface area contributed by atoms with Crippen molar-refractivity contribution in [2.24, 2.45) is 0 Å². The lowest BCUT2D eigenvalue weighted by molar-refractivity contribution is 0.0657. The van der Waals surface area contributed by atoms with E-state index in [-0.39, 0.29) is 5.56 Å². The molecule has 6 heteroatoms. The molecular formula is C23H29N3O2S. The molecule has 0 spiro atoms. The smallest absolute Gasteiger partial charge is 0.259 e. The maximum atomic E-state index is 12.7. The SMILES string of the molecule is Cc1sc2nc(CN(CC(O)c3ccccc3)C3CCCCC3)[nH]c(=O)c2c1C. The molecule has 4 rings (SSSR count). The Morgan fingerprint density at radius 1 is 1.21 bits per heavy atom. The topological polar surface area (TPSA) is 69.2 Å². The first-order valence-corrected chi connectivity index (χ1v) is 11.3. The van der Waals surface area contributed by atoms with Crippen molar-refractivity contribution < 1.29 is 5.11 Å². The van der Waals surface area contributed by atoms with Crippen LogP contribution < -0.4 is 5.56 Å². The summed E-state index contributed by atoms with van der Waals surface area (Å²) < 4.78 is 0. The summed E-state index contributed by atoms with van der Waals surface area (Å²) >= 11 is 1.58. The number of aromatic nitrogens is 2. The quantitative estimate of drug-likeness (QED) is 0.628. The average Bonchev–Trinajstić information content (AvgIpc) is 3.02. The second-order valence-corrected chi connectivity index (χ2v) is 9.33. The Kier molecular flexibility index (Phi) is 6.13. The molecule has 29 heavy (non-hydrogen) atoms. The predicted molar refractivity (Wildman–Crippen MR) is 118 cm³/mol. The van der Waals surface area contributed by atoms with Gasteiger partial charge in [0.25, 0.3) is 5.56 Å². The summed E-state index contributed by atoms with van der Waals surface area (Å²) in [6, 6.07) is 10.2. The van der Waals surface area contributed by atoms with E-state index < -0.39 is 6.10 Å². The van der Waals surface area contributed by atoms with Gasteiger partial charge in [-0.1, -0.05) is 49.6 Å². The molecule has 1 aliphatic carbocycles. The summed E-state index contributed by atoms with van der Waals surface area (Å²) in [5.74, 6) is 0.689. The summed E-state index contributed by atoms with van der Waals surface area (Å²) in [4.78, 5) is 24.7. The number of thiophene rings is 1. The van der Waals surface area contributed by atoms with Crippen LogP contribution in [0.4, 0.5) is 0 Å². The van der Waals surface area contributed by atoms with Crippen LogP contribution in [0.1, 0.15) is 60.0 Å². The lowest BCUT2D eigenvalue weighted by Crippen LogP contribution is -2.39. The molecule has 2 heterocycles. The van der Waals surface area contributed by atoms with Crippen molar-refractivity contribution >= 4 is 21.6 Å². The second kappa shape index (κ2) is 8.78. The standard InChI is InChI=1S/C23H29N3O2S/c1-15-16(2)29-23-21(15)22(28)24-20(25-23)14-26(18-11-7-4-8-12-18)13-19(27)17-9-5-3-6-10-17/h3,5-6,9-10,18-19,27H,4,7-8,11-14H2,1-2H3,(H,24,25,28). The monoisotopic (exact) mass is 411 g/mol. The van der Waals surface area contributed by atoms with Gasteiger partial charge in [0.05, 0.1) is 18.0 Å². The van der Waals surface area contributed by atoms with Crippen molar-refractivity contribution in [2.45, 2.75) is 64.6 Å². The number of aromatic amines is 1. The molecule has 0 bridgehead atoms. The first-order valence-electron chi connectivity index (χ1n) is 10.5. The number of fused-ring (bicyclic) bond motifs is 1. The maximum Gasteiger partial charge on any atom is 0.259 e. The number of H-pyrrole nitrogens is 1. The predicted octanol–water partition coefficient (Wildman–Crippen LogP) is 4.47. The first-order chi connectivity index (χ1) is 14.0. The fourth-order valence-electron chi connectivity index (χ4n) is 4.36. The van der Waals surface area contributed by atoms with E-state index in [2.05, 4.69) is 9.88 Å². The van der Waals surface area contributed by atoms with Gasteiger partial charge in [0.2, 0.25) is 0 Å². The minimum Gasteiger partial charge on any atom is -0.387 e. The zero-order chi connectivity index (χ0) is 20.4. The van der Waals surface area contributed by atoms with Gasteiger partial charge < -0.3 is 10.1 Å². The number of aliphatic hydroxyl groups is 1. The molecule has 5 nitrogen and oxygen atoms in total. The van der Waals surface area contributed by atoms with Crippen molar-refractivity contribution in [3.05, 3.63) is 62.5 Å². The van der Waals surface area contributed by atoms with Crippen LogP contribution in [0.25, 0.3) is 10.2 Å². The molecule has 2 N–H and O–H groups in total. The molecule has 1 aliphatic rings. The highest BCUT2D eigenvalue weighted by Gasteiger charge is 2.25. The Labute approximate surface area is 175 Å². The Morgan fingerprint density at radius 3 is 2.66 bits per heavy atom. The highest BCUT2D eigenvalue weighted by Crippen LogP contribution is 2.28. The molecule has 0 amide bonds. The van der Waals surface area contributed by atoms with Gasteiger partial charge in [-0.05, 0) is 37.8 Å². The van der Waals surface area contributed by atoms with Crippen LogP contribution in [-0.2, 0) is 6.54 Å². The van der Waals surface area contributed by atoms with Gasteiger partial charge in [-0.2, -0.15) is 0 Å². The third-order valence-corrected chi connectivity index (χ3v) is 7.22. The van der Waals surface area contributed by atoms with Gasteiger partial charge in [-0.3, -0.25) is 9.69 Å². The van der Waals surface area contributed by atoms with Crippen LogP contribution in [0.5, 0.6) is 0 Å². The lowest BCUT2D eigenvalue weighted by atomic mass is 9.93. The van der Waals surface area contributed by atoms with Crippen LogP contribution in [0.2, 0.25) is 0 Å². The number of benzene rings is 1. The molecule has 3 aromatic rings. The van der Waals surface area contributed by atoms with Crippen molar-refractivity contribution in [1.29, 1.82) is 0 Å². The Hall–Kier alpha value is -2.02. The van der Waals surface area contributed by atoms with Crippen molar-refractivity contribution in [3.63, 3.8) is 0 Å². The number of hydrogen-bond acceptors (Lipinski definition) is 5. The van der Waals surface area contributed by atoms with E-state index in [4.69, 9.17) is 4.98 Å². The van der Waals surface area contributed by atoms with Crippen molar-refractivity contribution in [3.8, 4) is 0 Å². The minimum absolute atomic E-state index is 0.0564. The van der Waals surface area contributed by atoms with Gasteiger partial charge in [-0.15, -0.1) is 11.3 Å². The zero-order valence-corrected chi connectivity index (χ0v) is 18.0. The molecule has 1 aromatic carbocycles. The summed E-state index contributed by atoms with van der Waals surface area (Å²) in [5, 5.41) is 11.5. The molecule has 1 saturated carbocycles. The maximum absolute atomic E-state index is 12.7. The molecule has 1 unspecified atom stereocenters. The van der Waals surface area contributed by atoms with Crippen LogP contribution in [0.15, 0.2) is 35.1 Å². The van der Waals surface area contributed by atoms with Gasteiger partial charge in [0.15, 0.2) is 0 Å². The summed E-state index contributed by atoms with van der Waals surface area (Å²) in [6.07, 6.45) is 5.42. The van der Waals surface area contributed by atoms with Gasteiger partial charge in [0, 0.05) is 17.5 Å². The van der Waals surface area contributed by atoms with E-state index in [1.165, 1.54) is 19.3 Å². The molecule has 0 radical (unpaired) electrons. The number of hydrogen-bond donors (Lipinski definition) is 2. The van der Waals surface area contributed by atoms with Crippen LogP contribution in [-0.4, -0.2) is 32.6 Å². The minimum atomic E-state index is -0.556. The summed E-state index contributed by atoms with van der Waals surface area (Å²) in [7, 11) is 0. The third-order valence-electron chi connectivity index (χ3n) is 6.12. The highest BCUT2D eigenvalue weighted by atomic mass is 32.1. The van der Waals surface area contributed by atoms with Crippen LogP contribution >= 0.6 is 11.3 Å². The van der Waals surface area contributed by atoms with Crippen LogP contribution in [0, 0.1) is 13.8 Å². The van der Waals surface area contributed by atoms with Crippen LogP contribution in [0.3, 0.4) is 0 Å². The molecule has 154 valence electrons. The molecule has 1 atom stereocenters. The molecular weight excluding hydrogens is 382 g/mol. The summed E-state index contributed by atoms with van der Waals surface area (Å²) in [6.45, 7) is 5.11. The molecule has 1 fully saturated rings. The Bertz CT molecular complexity index is 1020. The molecule has 0 aliphatic heterocycles. The van der Waals surface area contributed by atoms with Gasteiger partial charge in [-0.25, -0.2) is 4.98 Å². The second-order valence-electron chi connectivity index (χ2n) is 8.12. The van der Waals surface area contributed by atoms with E-state index in [1.54, 1.807) is 11.3 Å². The number of nitrogens with zero attached hydrogens (tertiary/aromatic N) is 2. The number of aryl methyl sites for hydroxylation is 2. The number of nitrogens with one attached hydrogen (secondary N) is 1. The molecule has 0 saturated heterocycles. The van der Waals surface area contributed by atoms with Gasteiger partial charge >= 0.3 is 0 Å². The first kappa shape index (κ1) is 20.3. The fraction of sp³-hybridized carbons (Fsp3) is 0.478. The fourth-order valence-corrected chi connectivity index (χ4v) is 5.41.